The maximum absolute atomic E-state index is 11.9. The minimum atomic E-state index is 0.0942. The lowest BCUT2D eigenvalue weighted by Gasteiger charge is -2.29. The predicted octanol–water partition coefficient (Wildman–Crippen LogP) is 3.51. The first-order valence-corrected chi connectivity index (χ1v) is 7.70. The fraction of sp³-hybridized carbons (Fsp3) is 0.533. The van der Waals surface area contributed by atoms with Gasteiger partial charge in [0.25, 0.3) is 0 Å². The van der Waals surface area contributed by atoms with Crippen LogP contribution in [0.25, 0.3) is 0 Å². The largest absolute Gasteiger partial charge is 0.326 e. The quantitative estimate of drug-likeness (QED) is 0.919. The van der Waals surface area contributed by atoms with Crippen molar-refractivity contribution in [3.63, 3.8) is 0 Å². The Balaban J connectivity index is 1.73. The lowest BCUT2D eigenvalue weighted by atomic mass is 9.99. The van der Waals surface area contributed by atoms with E-state index < -0.39 is 0 Å². The van der Waals surface area contributed by atoms with Gasteiger partial charge >= 0.3 is 0 Å². The van der Waals surface area contributed by atoms with Crippen molar-refractivity contribution in [2.75, 3.05) is 25.0 Å². The summed E-state index contributed by atoms with van der Waals surface area (Å²) in [6.07, 6.45) is 3.08. The van der Waals surface area contributed by atoms with E-state index in [1.807, 2.05) is 24.3 Å². The van der Waals surface area contributed by atoms with Crippen LogP contribution in [-0.4, -0.2) is 30.4 Å². The summed E-state index contributed by atoms with van der Waals surface area (Å²) in [6, 6.07) is 7.70. The average Bonchev–Trinajstić information content (AvgIpc) is 2.38. The molecular formula is C15H21BrN2O. The molecule has 0 bridgehead atoms. The maximum Gasteiger partial charge on any atom is 0.225 e. The van der Waals surface area contributed by atoms with Gasteiger partial charge in [-0.3, -0.25) is 4.79 Å². The second kappa shape index (κ2) is 7.06. The molecule has 1 aromatic rings. The van der Waals surface area contributed by atoms with E-state index in [0.29, 0.717) is 6.42 Å². The molecule has 1 aliphatic heterocycles. The van der Waals surface area contributed by atoms with Crippen LogP contribution in [0.2, 0.25) is 0 Å². The Hall–Kier alpha value is -0.870. The van der Waals surface area contributed by atoms with Crippen LogP contribution >= 0.6 is 15.9 Å². The third kappa shape index (κ3) is 4.96. The number of rotatable bonds is 4. The Bertz CT molecular complexity index is 428. The van der Waals surface area contributed by atoms with E-state index in [-0.39, 0.29) is 5.91 Å². The fourth-order valence-electron chi connectivity index (χ4n) is 2.34. The number of hydrogen-bond donors (Lipinski definition) is 1. The Morgan fingerprint density at radius 3 is 2.84 bits per heavy atom. The Morgan fingerprint density at radius 1 is 1.42 bits per heavy atom. The van der Waals surface area contributed by atoms with Crippen LogP contribution in [0, 0.1) is 5.92 Å². The van der Waals surface area contributed by atoms with Crippen molar-refractivity contribution in [3.8, 4) is 0 Å². The van der Waals surface area contributed by atoms with Crippen molar-refractivity contribution < 1.29 is 4.79 Å². The number of nitrogens with zero attached hydrogens (tertiary/aromatic N) is 1. The lowest BCUT2D eigenvalue weighted by Crippen LogP contribution is -2.35. The first kappa shape index (κ1) is 14.5. The van der Waals surface area contributed by atoms with E-state index in [9.17, 15) is 4.79 Å². The second-order valence-electron chi connectivity index (χ2n) is 5.33. The highest BCUT2D eigenvalue weighted by Gasteiger charge is 2.16. The molecule has 0 saturated carbocycles. The average molecular weight is 325 g/mol. The van der Waals surface area contributed by atoms with Crippen LogP contribution in [0.3, 0.4) is 0 Å². The lowest BCUT2D eigenvalue weighted by molar-refractivity contribution is -0.116. The van der Waals surface area contributed by atoms with Gasteiger partial charge in [-0.05, 0) is 50.0 Å². The summed E-state index contributed by atoms with van der Waals surface area (Å²) in [6.45, 7) is 5.43. The van der Waals surface area contributed by atoms with Gasteiger partial charge in [0.2, 0.25) is 5.91 Å². The van der Waals surface area contributed by atoms with Crippen LogP contribution in [0.1, 0.15) is 26.2 Å². The van der Waals surface area contributed by atoms with Gasteiger partial charge in [-0.1, -0.05) is 28.9 Å². The molecule has 1 saturated heterocycles. The van der Waals surface area contributed by atoms with Gasteiger partial charge in [-0.15, -0.1) is 0 Å². The number of hydrogen-bond acceptors (Lipinski definition) is 2. The topological polar surface area (TPSA) is 32.3 Å². The molecule has 19 heavy (non-hydrogen) atoms. The Kier molecular flexibility index (Phi) is 5.40. The number of nitrogens with one attached hydrogen (secondary N) is 1. The smallest absolute Gasteiger partial charge is 0.225 e. The predicted molar refractivity (Wildman–Crippen MR) is 82.2 cm³/mol. The van der Waals surface area contributed by atoms with Crippen molar-refractivity contribution in [2.45, 2.75) is 26.2 Å². The van der Waals surface area contributed by atoms with Crippen molar-refractivity contribution in [1.29, 1.82) is 0 Å². The molecule has 2 rings (SSSR count). The zero-order chi connectivity index (χ0) is 13.7. The van der Waals surface area contributed by atoms with E-state index in [1.165, 1.54) is 12.8 Å². The maximum atomic E-state index is 11.9. The number of carbonyl (C=O) groups is 1. The van der Waals surface area contributed by atoms with Crippen LogP contribution in [-0.2, 0) is 4.79 Å². The van der Waals surface area contributed by atoms with E-state index in [2.05, 4.69) is 33.1 Å². The van der Waals surface area contributed by atoms with Gasteiger partial charge < -0.3 is 10.2 Å². The monoisotopic (exact) mass is 324 g/mol. The Morgan fingerprint density at radius 2 is 2.16 bits per heavy atom. The highest BCUT2D eigenvalue weighted by atomic mass is 79.9. The molecule has 0 atom stereocenters. The van der Waals surface area contributed by atoms with E-state index in [4.69, 9.17) is 0 Å². The molecule has 1 aliphatic rings. The molecule has 104 valence electrons. The second-order valence-corrected chi connectivity index (χ2v) is 6.25. The highest BCUT2D eigenvalue weighted by Crippen LogP contribution is 2.17. The fourth-order valence-corrected chi connectivity index (χ4v) is 2.73. The van der Waals surface area contributed by atoms with Crippen molar-refractivity contribution in [1.82, 2.24) is 4.90 Å². The molecule has 4 heteroatoms. The standard InChI is InChI=1S/C15H21BrN2O/c1-12-5-8-18(9-6-12)10-7-15(19)17-14-4-2-3-13(16)11-14/h2-4,11-12H,5-10H2,1H3,(H,17,19). The molecule has 1 N–H and O–H groups in total. The van der Waals surface area contributed by atoms with Crippen molar-refractivity contribution in [3.05, 3.63) is 28.7 Å². The molecule has 0 unspecified atom stereocenters. The SMILES string of the molecule is CC1CCN(CCC(=O)Nc2cccc(Br)c2)CC1. The number of piperidine rings is 1. The summed E-state index contributed by atoms with van der Waals surface area (Å²) in [5, 5.41) is 2.94. The zero-order valence-electron chi connectivity index (χ0n) is 11.4. The van der Waals surface area contributed by atoms with Crippen LogP contribution < -0.4 is 5.32 Å². The van der Waals surface area contributed by atoms with E-state index >= 15 is 0 Å². The molecule has 0 aliphatic carbocycles. The minimum Gasteiger partial charge on any atom is -0.326 e. The molecule has 1 fully saturated rings. The minimum absolute atomic E-state index is 0.0942. The van der Waals surface area contributed by atoms with E-state index in [0.717, 1.165) is 35.7 Å². The van der Waals surface area contributed by atoms with Crippen LogP contribution in [0.5, 0.6) is 0 Å². The number of carbonyl (C=O) groups excluding carboxylic acids is 1. The number of halogens is 1. The number of likely N-dealkylation sites (tertiary alicyclic amines) is 1. The van der Waals surface area contributed by atoms with Crippen molar-refractivity contribution >= 4 is 27.5 Å². The first-order chi connectivity index (χ1) is 9.13. The van der Waals surface area contributed by atoms with Crippen LogP contribution in [0.15, 0.2) is 28.7 Å². The normalized spacial score (nSPS) is 17.4. The number of benzene rings is 1. The Labute approximate surface area is 123 Å². The third-order valence-corrected chi connectivity index (χ3v) is 4.13. The summed E-state index contributed by atoms with van der Waals surface area (Å²) >= 11 is 3.40. The molecule has 1 amide bonds. The van der Waals surface area contributed by atoms with Gasteiger partial charge in [-0.2, -0.15) is 0 Å². The van der Waals surface area contributed by atoms with Crippen molar-refractivity contribution in [2.24, 2.45) is 5.92 Å². The third-order valence-electron chi connectivity index (χ3n) is 3.64. The first-order valence-electron chi connectivity index (χ1n) is 6.91. The molecule has 3 nitrogen and oxygen atoms in total. The molecule has 1 heterocycles. The summed E-state index contributed by atoms with van der Waals surface area (Å²) in [7, 11) is 0. The number of anilines is 1. The highest BCUT2D eigenvalue weighted by molar-refractivity contribution is 9.10. The summed E-state index contributed by atoms with van der Waals surface area (Å²) < 4.78 is 0.982. The summed E-state index contributed by atoms with van der Waals surface area (Å²) in [5.74, 6) is 0.934. The summed E-state index contributed by atoms with van der Waals surface area (Å²) in [5.41, 5.74) is 0.853. The molecule has 0 radical (unpaired) electrons. The van der Waals surface area contributed by atoms with Gasteiger partial charge in [0, 0.05) is 23.1 Å². The van der Waals surface area contributed by atoms with E-state index in [1.54, 1.807) is 0 Å². The zero-order valence-corrected chi connectivity index (χ0v) is 12.9. The van der Waals surface area contributed by atoms with Gasteiger partial charge in [-0.25, -0.2) is 0 Å². The van der Waals surface area contributed by atoms with Crippen LogP contribution in [0.4, 0.5) is 5.69 Å². The summed E-state index contributed by atoms with van der Waals surface area (Å²) in [4.78, 5) is 14.3. The van der Waals surface area contributed by atoms with Gasteiger partial charge in [0.1, 0.15) is 0 Å². The van der Waals surface area contributed by atoms with Gasteiger partial charge in [0.05, 0.1) is 0 Å². The molecule has 0 aromatic heterocycles. The van der Waals surface area contributed by atoms with Gasteiger partial charge in [0.15, 0.2) is 0 Å². The number of amides is 1. The molecular weight excluding hydrogens is 304 g/mol. The molecule has 0 spiro atoms. The molecule has 1 aromatic carbocycles.